The van der Waals surface area contributed by atoms with Crippen LogP contribution in [0, 0.1) is 0 Å². The van der Waals surface area contributed by atoms with E-state index in [0.717, 1.165) is 21.9 Å². The van der Waals surface area contributed by atoms with Gasteiger partial charge in [-0.05, 0) is 5.56 Å². The maximum Gasteiger partial charge on any atom is 0.182 e. The Labute approximate surface area is 155 Å². The molecule has 0 radical (unpaired) electrons. The van der Waals surface area contributed by atoms with E-state index in [1.54, 1.807) is 11.3 Å². The standard InChI is InChI=1S/C23H15NOS/c1-3-9-16(10-4-1)20-21(25-15-24-20)23-19-14-8-7-13-18(19)22(26-23)17-11-5-2-6-12-17/h1-15H. The van der Waals surface area contributed by atoms with E-state index in [9.17, 15) is 0 Å². The molecule has 0 atom stereocenters. The fourth-order valence-corrected chi connectivity index (χ4v) is 4.54. The Morgan fingerprint density at radius 3 is 1.88 bits per heavy atom. The van der Waals surface area contributed by atoms with Gasteiger partial charge < -0.3 is 4.42 Å². The van der Waals surface area contributed by atoms with Gasteiger partial charge in [0.2, 0.25) is 0 Å². The highest BCUT2D eigenvalue weighted by molar-refractivity contribution is 7.21. The molecule has 3 heteroatoms. The summed E-state index contributed by atoms with van der Waals surface area (Å²) >= 11 is 1.76. The van der Waals surface area contributed by atoms with Crippen molar-refractivity contribution in [1.82, 2.24) is 4.98 Å². The first-order chi connectivity index (χ1) is 12.9. The molecule has 5 aromatic rings. The lowest BCUT2D eigenvalue weighted by Crippen LogP contribution is -1.80. The number of rotatable bonds is 3. The zero-order chi connectivity index (χ0) is 17.3. The molecule has 0 aliphatic carbocycles. The SMILES string of the molecule is c1ccc(-c2ncoc2-c2sc(-c3ccccc3)c3ccccc23)cc1. The third-order valence-electron chi connectivity index (χ3n) is 4.48. The summed E-state index contributed by atoms with van der Waals surface area (Å²) in [6, 6.07) is 29.2. The average molecular weight is 353 g/mol. The van der Waals surface area contributed by atoms with E-state index in [1.165, 1.54) is 27.6 Å². The minimum Gasteiger partial charge on any atom is -0.442 e. The highest BCUT2D eigenvalue weighted by Crippen LogP contribution is 2.46. The molecule has 0 aliphatic heterocycles. The molecule has 2 heterocycles. The second-order valence-corrected chi connectivity index (χ2v) is 7.09. The first-order valence-electron chi connectivity index (χ1n) is 8.48. The first-order valence-corrected chi connectivity index (χ1v) is 9.30. The lowest BCUT2D eigenvalue weighted by molar-refractivity contribution is 0.574. The molecule has 3 aromatic carbocycles. The van der Waals surface area contributed by atoms with Crippen molar-refractivity contribution in [1.29, 1.82) is 0 Å². The van der Waals surface area contributed by atoms with Crippen LogP contribution in [0.3, 0.4) is 0 Å². The lowest BCUT2D eigenvalue weighted by atomic mass is 10.0. The number of thiophene rings is 1. The van der Waals surface area contributed by atoms with Gasteiger partial charge in [0.25, 0.3) is 0 Å². The first kappa shape index (κ1) is 15.1. The normalized spacial score (nSPS) is 11.1. The number of oxazole rings is 1. The summed E-state index contributed by atoms with van der Waals surface area (Å²) in [5.74, 6) is 0.833. The molecular weight excluding hydrogens is 338 g/mol. The molecule has 0 spiro atoms. The van der Waals surface area contributed by atoms with Crippen molar-refractivity contribution in [2.75, 3.05) is 0 Å². The van der Waals surface area contributed by atoms with Gasteiger partial charge in [-0.15, -0.1) is 11.3 Å². The molecule has 5 rings (SSSR count). The van der Waals surface area contributed by atoms with Crippen molar-refractivity contribution in [3.63, 3.8) is 0 Å². The van der Waals surface area contributed by atoms with Gasteiger partial charge in [0.15, 0.2) is 12.2 Å². The van der Waals surface area contributed by atoms with Crippen LogP contribution in [0.1, 0.15) is 0 Å². The highest BCUT2D eigenvalue weighted by Gasteiger charge is 2.20. The van der Waals surface area contributed by atoms with E-state index in [-0.39, 0.29) is 0 Å². The van der Waals surface area contributed by atoms with Crippen LogP contribution >= 0.6 is 11.3 Å². The Morgan fingerprint density at radius 1 is 0.615 bits per heavy atom. The summed E-state index contributed by atoms with van der Waals surface area (Å²) in [4.78, 5) is 6.87. The van der Waals surface area contributed by atoms with Crippen molar-refractivity contribution >= 4 is 22.1 Å². The number of hydrogen-bond donors (Lipinski definition) is 0. The number of nitrogens with zero attached hydrogens (tertiary/aromatic N) is 1. The van der Waals surface area contributed by atoms with Gasteiger partial charge in [-0.3, -0.25) is 0 Å². The smallest absolute Gasteiger partial charge is 0.182 e. The largest absolute Gasteiger partial charge is 0.442 e. The molecule has 0 fully saturated rings. The quantitative estimate of drug-likeness (QED) is 0.353. The summed E-state index contributed by atoms with van der Waals surface area (Å²) < 4.78 is 5.86. The Morgan fingerprint density at radius 2 is 1.19 bits per heavy atom. The van der Waals surface area contributed by atoms with Crippen molar-refractivity contribution in [2.24, 2.45) is 0 Å². The minimum atomic E-state index is 0.833. The summed E-state index contributed by atoms with van der Waals surface area (Å²) in [6.45, 7) is 0. The number of hydrogen-bond acceptors (Lipinski definition) is 3. The van der Waals surface area contributed by atoms with E-state index >= 15 is 0 Å². The molecule has 0 saturated carbocycles. The molecule has 0 amide bonds. The summed E-state index contributed by atoms with van der Waals surface area (Å²) in [6.07, 6.45) is 1.54. The second kappa shape index (κ2) is 6.28. The molecule has 0 saturated heterocycles. The van der Waals surface area contributed by atoms with Crippen LogP contribution in [0.5, 0.6) is 0 Å². The topological polar surface area (TPSA) is 26.0 Å². The monoisotopic (exact) mass is 353 g/mol. The van der Waals surface area contributed by atoms with Crippen LogP contribution in [0.2, 0.25) is 0 Å². The molecule has 0 aliphatic rings. The van der Waals surface area contributed by atoms with Crippen molar-refractivity contribution in [3.05, 3.63) is 91.3 Å². The van der Waals surface area contributed by atoms with E-state index in [0.29, 0.717) is 0 Å². The molecule has 2 aromatic heterocycles. The van der Waals surface area contributed by atoms with Gasteiger partial charge in [0, 0.05) is 21.2 Å². The molecule has 124 valence electrons. The minimum absolute atomic E-state index is 0.833. The Kier molecular flexibility index (Phi) is 3.65. The Balaban J connectivity index is 1.76. The fraction of sp³-hybridized carbons (Fsp3) is 0. The predicted octanol–water partition coefficient (Wildman–Crippen LogP) is 6.89. The zero-order valence-electron chi connectivity index (χ0n) is 13.9. The predicted molar refractivity (Wildman–Crippen MR) is 108 cm³/mol. The van der Waals surface area contributed by atoms with Crippen LogP contribution in [-0.2, 0) is 0 Å². The van der Waals surface area contributed by atoms with Crippen molar-refractivity contribution in [2.45, 2.75) is 0 Å². The van der Waals surface area contributed by atoms with Crippen LogP contribution in [-0.4, -0.2) is 4.98 Å². The second-order valence-electron chi connectivity index (χ2n) is 6.07. The van der Waals surface area contributed by atoms with E-state index < -0.39 is 0 Å². The van der Waals surface area contributed by atoms with E-state index in [2.05, 4.69) is 65.6 Å². The van der Waals surface area contributed by atoms with Gasteiger partial charge in [-0.2, -0.15) is 0 Å². The van der Waals surface area contributed by atoms with Crippen LogP contribution in [0.15, 0.2) is 95.7 Å². The van der Waals surface area contributed by atoms with Gasteiger partial charge >= 0.3 is 0 Å². The summed E-state index contributed by atoms with van der Waals surface area (Å²) in [5, 5.41) is 2.44. The molecule has 0 bridgehead atoms. The van der Waals surface area contributed by atoms with Crippen molar-refractivity contribution < 1.29 is 4.42 Å². The number of fused-ring (bicyclic) bond motifs is 1. The van der Waals surface area contributed by atoms with Crippen LogP contribution < -0.4 is 0 Å². The van der Waals surface area contributed by atoms with Gasteiger partial charge in [-0.25, -0.2) is 4.98 Å². The van der Waals surface area contributed by atoms with Gasteiger partial charge in [-0.1, -0.05) is 84.9 Å². The van der Waals surface area contributed by atoms with E-state index in [4.69, 9.17) is 4.42 Å². The Bertz CT molecular complexity index is 1170. The highest BCUT2D eigenvalue weighted by atomic mass is 32.1. The number of benzene rings is 3. The molecular formula is C23H15NOS. The lowest BCUT2D eigenvalue weighted by Gasteiger charge is -2.00. The number of aromatic nitrogens is 1. The van der Waals surface area contributed by atoms with Gasteiger partial charge in [0.05, 0.1) is 4.88 Å². The fourth-order valence-electron chi connectivity index (χ4n) is 3.27. The maximum atomic E-state index is 5.86. The van der Waals surface area contributed by atoms with Crippen LogP contribution in [0.4, 0.5) is 0 Å². The Hall–Kier alpha value is -3.17. The molecule has 0 N–H and O–H groups in total. The molecule has 0 unspecified atom stereocenters. The zero-order valence-corrected chi connectivity index (χ0v) is 14.7. The van der Waals surface area contributed by atoms with Crippen LogP contribution in [0.25, 0.3) is 43.1 Å². The molecule has 2 nitrogen and oxygen atoms in total. The van der Waals surface area contributed by atoms with Crippen molar-refractivity contribution in [3.8, 4) is 32.3 Å². The summed E-state index contributed by atoms with van der Waals surface area (Å²) in [7, 11) is 0. The summed E-state index contributed by atoms with van der Waals surface area (Å²) in [5.41, 5.74) is 3.17. The third kappa shape index (κ3) is 2.45. The average Bonchev–Trinajstić information content (AvgIpc) is 3.34. The maximum absolute atomic E-state index is 5.86. The van der Waals surface area contributed by atoms with Gasteiger partial charge in [0.1, 0.15) is 5.69 Å². The van der Waals surface area contributed by atoms with E-state index in [1.807, 2.05) is 24.3 Å². The molecule has 26 heavy (non-hydrogen) atoms. The third-order valence-corrected chi connectivity index (χ3v) is 5.75.